The standard InChI is InChI=1S/C20H27N3O6/c1-12(2)10-15(17(25)29-5)21-16(24)11-23-18(26)20(3,22-19(23)27)13-6-8-14(28-4)9-7-13/h6-9,12,15H,10-11H2,1-5H3,(H,21,24)(H,22,27)/t15-,20-/m0/s1. The van der Waals surface area contributed by atoms with E-state index in [0.29, 0.717) is 17.7 Å². The maximum atomic E-state index is 12.9. The van der Waals surface area contributed by atoms with E-state index in [0.717, 1.165) is 4.90 Å². The first-order chi connectivity index (χ1) is 13.6. The third kappa shape index (κ3) is 4.85. The topological polar surface area (TPSA) is 114 Å². The SMILES string of the molecule is COC(=O)[C@H](CC(C)C)NC(=O)CN1C(=O)N[C@@](C)(c2ccc(OC)cc2)C1=O. The first kappa shape index (κ1) is 22.2. The molecule has 9 heteroatoms. The minimum Gasteiger partial charge on any atom is -0.497 e. The Labute approximate surface area is 169 Å². The van der Waals surface area contributed by atoms with Gasteiger partial charge in [-0.2, -0.15) is 0 Å². The molecule has 158 valence electrons. The summed E-state index contributed by atoms with van der Waals surface area (Å²) in [4.78, 5) is 50.4. The maximum Gasteiger partial charge on any atom is 0.328 e. The number of amides is 4. The van der Waals surface area contributed by atoms with Crippen LogP contribution >= 0.6 is 0 Å². The number of carbonyl (C=O) groups excluding carboxylic acids is 4. The smallest absolute Gasteiger partial charge is 0.328 e. The molecule has 1 aliphatic heterocycles. The third-order valence-electron chi connectivity index (χ3n) is 4.77. The lowest BCUT2D eigenvalue weighted by molar-refractivity contribution is -0.145. The summed E-state index contributed by atoms with van der Waals surface area (Å²) in [5.74, 6) is -1.00. The molecule has 1 heterocycles. The molecule has 0 spiro atoms. The molecule has 2 atom stereocenters. The first-order valence-electron chi connectivity index (χ1n) is 9.28. The van der Waals surface area contributed by atoms with E-state index in [1.807, 2.05) is 13.8 Å². The van der Waals surface area contributed by atoms with E-state index in [1.165, 1.54) is 14.2 Å². The van der Waals surface area contributed by atoms with Gasteiger partial charge in [-0.05, 0) is 37.0 Å². The number of imide groups is 1. The van der Waals surface area contributed by atoms with Gasteiger partial charge in [-0.1, -0.05) is 26.0 Å². The zero-order valence-electron chi connectivity index (χ0n) is 17.3. The van der Waals surface area contributed by atoms with Gasteiger partial charge in [0.15, 0.2) is 0 Å². The summed E-state index contributed by atoms with van der Waals surface area (Å²) in [6.07, 6.45) is 0.377. The third-order valence-corrected chi connectivity index (χ3v) is 4.77. The molecule has 9 nitrogen and oxygen atoms in total. The second-order valence-electron chi connectivity index (χ2n) is 7.45. The fourth-order valence-corrected chi connectivity index (χ4v) is 3.17. The van der Waals surface area contributed by atoms with Gasteiger partial charge in [0.25, 0.3) is 5.91 Å². The zero-order chi connectivity index (χ0) is 21.8. The highest BCUT2D eigenvalue weighted by Crippen LogP contribution is 2.29. The van der Waals surface area contributed by atoms with Gasteiger partial charge in [-0.3, -0.25) is 14.5 Å². The Morgan fingerprint density at radius 3 is 2.31 bits per heavy atom. The summed E-state index contributed by atoms with van der Waals surface area (Å²) in [5, 5.41) is 5.18. The van der Waals surface area contributed by atoms with Crippen LogP contribution in [0.4, 0.5) is 4.79 Å². The molecular weight excluding hydrogens is 378 g/mol. The van der Waals surface area contributed by atoms with Crippen molar-refractivity contribution in [2.24, 2.45) is 5.92 Å². The fourth-order valence-electron chi connectivity index (χ4n) is 3.17. The number of rotatable bonds is 8. The van der Waals surface area contributed by atoms with E-state index < -0.39 is 41.9 Å². The number of urea groups is 1. The maximum absolute atomic E-state index is 12.9. The van der Waals surface area contributed by atoms with Crippen molar-refractivity contribution in [3.63, 3.8) is 0 Å². The Balaban J connectivity index is 2.12. The molecule has 1 aromatic carbocycles. The van der Waals surface area contributed by atoms with Gasteiger partial charge < -0.3 is 20.1 Å². The van der Waals surface area contributed by atoms with Crippen molar-refractivity contribution in [1.29, 1.82) is 0 Å². The average Bonchev–Trinajstić information content (AvgIpc) is 2.90. The second-order valence-corrected chi connectivity index (χ2v) is 7.45. The molecule has 1 saturated heterocycles. The molecule has 0 radical (unpaired) electrons. The van der Waals surface area contributed by atoms with Crippen molar-refractivity contribution in [1.82, 2.24) is 15.5 Å². The number of benzene rings is 1. The predicted octanol–water partition coefficient (Wildman–Crippen LogP) is 1.17. The molecule has 1 fully saturated rings. The fraction of sp³-hybridized carbons (Fsp3) is 0.500. The Bertz CT molecular complexity index is 792. The van der Waals surface area contributed by atoms with Crippen molar-refractivity contribution < 1.29 is 28.7 Å². The van der Waals surface area contributed by atoms with Crippen LogP contribution in [0.25, 0.3) is 0 Å². The summed E-state index contributed by atoms with van der Waals surface area (Å²) >= 11 is 0. The van der Waals surface area contributed by atoms with E-state index >= 15 is 0 Å². The van der Waals surface area contributed by atoms with Crippen molar-refractivity contribution >= 4 is 23.8 Å². The summed E-state index contributed by atoms with van der Waals surface area (Å²) in [6.45, 7) is 4.88. The van der Waals surface area contributed by atoms with E-state index in [2.05, 4.69) is 10.6 Å². The van der Waals surface area contributed by atoms with Crippen molar-refractivity contribution in [2.75, 3.05) is 20.8 Å². The van der Waals surface area contributed by atoms with Gasteiger partial charge in [0.1, 0.15) is 23.9 Å². The zero-order valence-corrected chi connectivity index (χ0v) is 17.3. The molecular formula is C20H27N3O6. The molecule has 2 N–H and O–H groups in total. The Hall–Kier alpha value is -3.10. The first-order valence-corrected chi connectivity index (χ1v) is 9.28. The van der Waals surface area contributed by atoms with Gasteiger partial charge in [-0.25, -0.2) is 9.59 Å². The van der Waals surface area contributed by atoms with Crippen LogP contribution in [0.2, 0.25) is 0 Å². The van der Waals surface area contributed by atoms with Crippen LogP contribution in [-0.2, 0) is 24.7 Å². The number of ether oxygens (including phenoxy) is 2. The minimum atomic E-state index is -1.30. The molecule has 0 aromatic heterocycles. The molecule has 0 bridgehead atoms. The number of nitrogens with zero attached hydrogens (tertiary/aromatic N) is 1. The Morgan fingerprint density at radius 2 is 1.79 bits per heavy atom. The monoisotopic (exact) mass is 405 g/mol. The Kier molecular flexibility index (Phi) is 6.84. The van der Waals surface area contributed by atoms with E-state index in [9.17, 15) is 19.2 Å². The van der Waals surface area contributed by atoms with Gasteiger partial charge in [0.05, 0.1) is 14.2 Å². The summed E-state index contributed by atoms with van der Waals surface area (Å²) in [5.41, 5.74) is -0.740. The molecule has 1 aromatic rings. The number of esters is 1. The molecule has 4 amide bonds. The molecule has 0 aliphatic carbocycles. The highest BCUT2D eigenvalue weighted by atomic mass is 16.5. The number of carbonyl (C=O) groups is 4. The van der Waals surface area contributed by atoms with Crippen LogP contribution in [-0.4, -0.2) is 55.5 Å². The highest BCUT2D eigenvalue weighted by molar-refractivity contribution is 6.09. The van der Waals surface area contributed by atoms with Crippen LogP contribution in [0.15, 0.2) is 24.3 Å². The van der Waals surface area contributed by atoms with E-state index in [-0.39, 0.29) is 5.92 Å². The van der Waals surface area contributed by atoms with Gasteiger partial charge in [-0.15, -0.1) is 0 Å². The molecule has 2 rings (SSSR count). The molecule has 0 saturated carbocycles. The van der Waals surface area contributed by atoms with Crippen LogP contribution in [0.1, 0.15) is 32.8 Å². The molecule has 29 heavy (non-hydrogen) atoms. The van der Waals surface area contributed by atoms with Crippen molar-refractivity contribution in [3.8, 4) is 5.75 Å². The average molecular weight is 405 g/mol. The lowest BCUT2D eigenvalue weighted by atomic mass is 9.92. The van der Waals surface area contributed by atoms with Gasteiger partial charge in [0.2, 0.25) is 5.91 Å². The number of methoxy groups -OCH3 is 2. The van der Waals surface area contributed by atoms with E-state index in [1.54, 1.807) is 31.2 Å². The van der Waals surface area contributed by atoms with Gasteiger partial charge >= 0.3 is 12.0 Å². The highest BCUT2D eigenvalue weighted by Gasteiger charge is 2.49. The molecule has 0 unspecified atom stereocenters. The predicted molar refractivity (Wildman–Crippen MR) is 104 cm³/mol. The normalized spacial score (nSPS) is 19.7. The van der Waals surface area contributed by atoms with Gasteiger partial charge in [0, 0.05) is 0 Å². The number of hydrogen-bond acceptors (Lipinski definition) is 6. The quantitative estimate of drug-likeness (QED) is 0.496. The summed E-state index contributed by atoms with van der Waals surface area (Å²) < 4.78 is 9.82. The minimum absolute atomic E-state index is 0.134. The largest absolute Gasteiger partial charge is 0.497 e. The van der Waals surface area contributed by atoms with Crippen LogP contribution in [0.5, 0.6) is 5.75 Å². The lowest BCUT2D eigenvalue weighted by Crippen LogP contribution is -2.48. The number of nitrogens with one attached hydrogen (secondary N) is 2. The van der Waals surface area contributed by atoms with Crippen LogP contribution in [0, 0.1) is 5.92 Å². The van der Waals surface area contributed by atoms with Crippen molar-refractivity contribution in [2.45, 2.75) is 38.8 Å². The number of hydrogen-bond donors (Lipinski definition) is 2. The molecule has 1 aliphatic rings. The van der Waals surface area contributed by atoms with E-state index in [4.69, 9.17) is 9.47 Å². The summed E-state index contributed by atoms with van der Waals surface area (Å²) in [6, 6.07) is 5.19. The van der Waals surface area contributed by atoms with Crippen LogP contribution in [0.3, 0.4) is 0 Å². The second kappa shape index (κ2) is 8.93. The Morgan fingerprint density at radius 1 is 1.17 bits per heavy atom. The van der Waals surface area contributed by atoms with Crippen LogP contribution < -0.4 is 15.4 Å². The van der Waals surface area contributed by atoms with Crippen molar-refractivity contribution in [3.05, 3.63) is 29.8 Å². The summed E-state index contributed by atoms with van der Waals surface area (Å²) in [7, 11) is 2.76. The lowest BCUT2D eigenvalue weighted by Gasteiger charge is -2.23.